The molecule has 0 unspecified atom stereocenters. The number of nitrogens with one attached hydrogen (secondary N) is 1. The first-order valence-electron chi connectivity index (χ1n) is 8.39. The first kappa shape index (κ1) is 20.2. The van der Waals surface area contributed by atoms with Crippen LogP contribution in [0.3, 0.4) is 0 Å². The fourth-order valence-corrected chi connectivity index (χ4v) is 3.17. The van der Waals surface area contributed by atoms with Gasteiger partial charge in [0.1, 0.15) is 16.0 Å². The molecule has 3 rings (SSSR count). The van der Waals surface area contributed by atoms with Crippen LogP contribution in [0.5, 0.6) is 5.75 Å². The van der Waals surface area contributed by atoms with Crippen LogP contribution in [0.2, 0.25) is 5.02 Å². The molecule has 0 fully saturated rings. The van der Waals surface area contributed by atoms with Crippen molar-refractivity contribution < 1.29 is 19.1 Å². The number of halogens is 2. The number of benzene rings is 2. The third kappa shape index (κ3) is 4.66. The summed E-state index contributed by atoms with van der Waals surface area (Å²) >= 11 is 9.04. The molecule has 0 aliphatic carbocycles. The van der Waals surface area contributed by atoms with E-state index in [4.69, 9.17) is 21.1 Å². The summed E-state index contributed by atoms with van der Waals surface area (Å²) in [5.74, 6) is -0.154. The van der Waals surface area contributed by atoms with Crippen LogP contribution in [-0.2, 0) is 16.1 Å². The molecule has 1 amide bonds. The van der Waals surface area contributed by atoms with Crippen molar-refractivity contribution in [2.75, 3.05) is 20.8 Å². The van der Waals surface area contributed by atoms with E-state index in [0.29, 0.717) is 16.2 Å². The van der Waals surface area contributed by atoms with Gasteiger partial charge in [0.15, 0.2) is 6.61 Å². The number of aromatic nitrogens is 1. The van der Waals surface area contributed by atoms with Crippen molar-refractivity contribution in [1.29, 1.82) is 0 Å². The first-order chi connectivity index (χ1) is 13.4. The lowest BCUT2D eigenvalue weighted by molar-refractivity contribution is -0.133. The van der Waals surface area contributed by atoms with E-state index in [1.807, 2.05) is 36.4 Å². The van der Waals surface area contributed by atoms with Gasteiger partial charge in [0.05, 0.1) is 12.1 Å². The molecule has 0 aliphatic heterocycles. The predicted octanol–water partition coefficient (Wildman–Crippen LogP) is 4.41. The summed E-state index contributed by atoms with van der Waals surface area (Å²) in [6.45, 7) is 0.0482. The Morgan fingerprint density at radius 2 is 1.86 bits per heavy atom. The van der Waals surface area contributed by atoms with Gasteiger partial charge in [0.25, 0.3) is 5.91 Å². The maximum absolute atomic E-state index is 12.3. The Hall–Kier alpha value is -2.51. The van der Waals surface area contributed by atoms with Gasteiger partial charge in [-0.15, -0.1) is 0 Å². The molecular weight excluding hydrogens is 448 g/mol. The lowest BCUT2D eigenvalue weighted by Gasteiger charge is -2.17. The summed E-state index contributed by atoms with van der Waals surface area (Å²) in [7, 11) is 3.29. The number of rotatable bonds is 6. The van der Waals surface area contributed by atoms with E-state index in [-0.39, 0.29) is 18.2 Å². The van der Waals surface area contributed by atoms with E-state index in [9.17, 15) is 9.59 Å². The van der Waals surface area contributed by atoms with Crippen molar-refractivity contribution in [2.24, 2.45) is 0 Å². The molecule has 0 radical (unpaired) electrons. The number of ether oxygens (including phenoxy) is 2. The average Bonchev–Trinajstić information content (AvgIpc) is 3.04. The van der Waals surface area contributed by atoms with Gasteiger partial charge in [-0.1, -0.05) is 29.8 Å². The maximum atomic E-state index is 12.3. The van der Waals surface area contributed by atoms with Gasteiger partial charge in [-0.25, -0.2) is 4.79 Å². The minimum atomic E-state index is -0.644. The van der Waals surface area contributed by atoms with Gasteiger partial charge in [-0.05, 0) is 56.5 Å². The van der Waals surface area contributed by atoms with E-state index in [1.54, 1.807) is 14.2 Å². The Labute approximate surface area is 175 Å². The van der Waals surface area contributed by atoms with Crippen molar-refractivity contribution >= 4 is 50.2 Å². The Bertz CT molecular complexity index is 1010. The zero-order valence-electron chi connectivity index (χ0n) is 15.3. The van der Waals surface area contributed by atoms with Gasteiger partial charge < -0.3 is 19.4 Å². The number of amides is 1. The van der Waals surface area contributed by atoms with Crippen LogP contribution >= 0.6 is 27.5 Å². The molecule has 0 atom stereocenters. The van der Waals surface area contributed by atoms with Gasteiger partial charge in [0.2, 0.25) is 0 Å². The molecule has 1 aromatic heterocycles. The third-order valence-corrected chi connectivity index (χ3v) is 5.38. The molecule has 0 aliphatic rings. The Balaban J connectivity index is 1.59. The van der Waals surface area contributed by atoms with Crippen molar-refractivity contribution in [3.8, 4) is 5.75 Å². The number of nitrogens with zero attached hydrogens (tertiary/aromatic N) is 1. The standard InChI is InChI=1S/C20H18BrClN2O4/c1-24(18(25)11-28-20(26)17-9-16(22)19(21)23-17)10-12-3-4-14-8-15(27-2)6-5-13(14)7-12/h3-9,23H,10-11H2,1-2H3. The molecule has 2 aromatic carbocycles. The normalized spacial score (nSPS) is 10.7. The van der Waals surface area contributed by atoms with E-state index >= 15 is 0 Å². The third-order valence-electron chi connectivity index (χ3n) is 4.23. The van der Waals surface area contributed by atoms with Crippen LogP contribution in [0.15, 0.2) is 47.1 Å². The number of hydrogen-bond acceptors (Lipinski definition) is 4. The molecule has 0 spiro atoms. The zero-order valence-corrected chi connectivity index (χ0v) is 17.6. The van der Waals surface area contributed by atoms with Crippen LogP contribution in [0, 0.1) is 0 Å². The zero-order chi connectivity index (χ0) is 20.3. The summed E-state index contributed by atoms with van der Waals surface area (Å²) in [6.07, 6.45) is 0. The van der Waals surface area contributed by atoms with Crippen LogP contribution in [0.4, 0.5) is 0 Å². The average molecular weight is 466 g/mol. The number of likely N-dealkylation sites (N-methyl/N-ethyl adjacent to an activating group) is 1. The summed E-state index contributed by atoms with van der Waals surface area (Å²) in [4.78, 5) is 28.5. The topological polar surface area (TPSA) is 71.6 Å². The molecule has 0 bridgehead atoms. The number of methoxy groups -OCH3 is 1. The molecule has 1 N–H and O–H groups in total. The molecule has 0 saturated carbocycles. The molecule has 3 aromatic rings. The Morgan fingerprint density at radius 1 is 1.14 bits per heavy atom. The van der Waals surface area contributed by atoms with Crippen LogP contribution in [0.25, 0.3) is 10.8 Å². The molecule has 146 valence electrons. The van der Waals surface area contributed by atoms with Gasteiger partial charge >= 0.3 is 5.97 Å². The Kier molecular flexibility index (Phi) is 6.26. The van der Waals surface area contributed by atoms with Crippen molar-refractivity contribution in [2.45, 2.75) is 6.54 Å². The Morgan fingerprint density at radius 3 is 2.54 bits per heavy atom. The SMILES string of the molecule is COc1ccc2cc(CN(C)C(=O)COC(=O)c3cc(Cl)c(Br)[nH]3)ccc2c1. The van der Waals surface area contributed by atoms with E-state index in [1.165, 1.54) is 11.0 Å². The van der Waals surface area contributed by atoms with Gasteiger partial charge in [-0.2, -0.15) is 0 Å². The molecule has 1 heterocycles. The highest BCUT2D eigenvalue weighted by Crippen LogP contribution is 2.23. The molecule has 28 heavy (non-hydrogen) atoms. The summed E-state index contributed by atoms with van der Waals surface area (Å²) < 4.78 is 10.8. The quantitative estimate of drug-likeness (QED) is 0.548. The van der Waals surface area contributed by atoms with Crippen LogP contribution in [0.1, 0.15) is 16.1 Å². The van der Waals surface area contributed by atoms with E-state index < -0.39 is 5.97 Å². The minimum absolute atomic E-state index is 0.178. The van der Waals surface area contributed by atoms with Crippen LogP contribution < -0.4 is 4.74 Å². The molecule has 0 saturated heterocycles. The van der Waals surface area contributed by atoms with Crippen LogP contribution in [-0.4, -0.2) is 42.5 Å². The maximum Gasteiger partial charge on any atom is 0.355 e. The number of hydrogen-bond donors (Lipinski definition) is 1. The lowest BCUT2D eigenvalue weighted by atomic mass is 10.1. The number of carbonyl (C=O) groups excluding carboxylic acids is 2. The smallest absolute Gasteiger partial charge is 0.355 e. The molecule has 6 nitrogen and oxygen atoms in total. The highest BCUT2D eigenvalue weighted by Gasteiger charge is 2.16. The summed E-state index contributed by atoms with van der Waals surface area (Å²) in [5, 5.41) is 2.48. The number of fused-ring (bicyclic) bond motifs is 1. The number of esters is 1. The minimum Gasteiger partial charge on any atom is -0.497 e. The summed E-state index contributed by atoms with van der Waals surface area (Å²) in [5.41, 5.74) is 1.15. The fourth-order valence-electron chi connectivity index (χ4n) is 2.69. The monoisotopic (exact) mass is 464 g/mol. The lowest BCUT2D eigenvalue weighted by Crippen LogP contribution is -2.30. The van der Waals surface area contributed by atoms with E-state index in [2.05, 4.69) is 20.9 Å². The van der Waals surface area contributed by atoms with Crippen molar-refractivity contribution in [3.05, 3.63) is 63.3 Å². The second-order valence-electron chi connectivity index (χ2n) is 6.22. The first-order valence-corrected chi connectivity index (χ1v) is 9.56. The molecular formula is C20H18BrClN2O4. The summed E-state index contributed by atoms with van der Waals surface area (Å²) in [6, 6.07) is 13.2. The highest BCUT2D eigenvalue weighted by atomic mass is 79.9. The van der Waals surface area contributed by atoms with Crippen molar-refractivity contribution in [3.63, 3.8) is 0 Å². The van der Waals surface area contributed by atoms with E-state index in [0.717, 1.165) is 22.1 Å². The van der Waals surface area contributed by atoms with Crippen molar-refractivity contribution in [1.82, 2.24) is 9.88 Å². The second kappa shape index (κ2) is 8.67. The second-order valence-corrected chi connectivity index (χ2v) is 7.42. The van der Waals surface area contributed by atoms with Gasteiger partial charge in [0, 0.05) is 13.6 Å². The number of carbonyl (C=O) groups is 2. The number of aromatic amines is 1. The fraction of sp³-hybridized carbons (Fsp3) is 0.200. The predicted molar refractivity (Wildman–Crippen MR) is 111 cm³/mol. The van der Waals surface area contributed by atoms with Gasteiger partial charge in [-0.3, -0.25) is 4.79 Å². The molecule has 8 heteroatoms. The largest absolute Gasteiger partial charge is 0.497 e. The highest BCUT2D eigenvalue weighted by molar-refractivity contribution is 9.10. The number of H-pyrrole nitrogens is 1.